The van der Waals surface area contributed by atoms with Gasteiger partial charge in [-0.1, -0.05) is 0 Å². The van der Waals surface area contributed by atoms with Crippen LogP contribution in [0.2, 0.25) is 0 Å². The van der Waals surface area contributed by atoms with E-state index in [2.05, 4.69) is 10.1 Å². The standard InChI is InChI=1S/C8H8FNO2/c1-12-8-3-2-6(10-5-11)4-7(8)9/h2-5H,1H3,(H,10,11). The van der Waals surface area contributed by atoms with Crippen LogP contribution in [0.25, 0.3) is 0 Å². The average molecular weight is 169 g/mol. The van der Waals surface area contributed by atoms with Crippen molar-refractivity contribution < 1.29 is 13.9 Å². The SMILES string of the molecule is COc1ccc(NC=O)cc1F. The summed E-state index contributed by atoms with van der Waals surface area (Å²) in [6.45, 7) is 0. The number of benzene rings is 1. The number of carbonyl (C=O) groups excluding carboxylic acids is 1. The molecule has 0 aromatic heterocycles. The minimum absolute atomic E-state index is 0.159. The lowest BCUT2D eigenvalue weighted by molar-refractivity contribution is -0.105. The molecule has 0 atom stereocenters. The molecular formula is C8H8FNO2. The molecule has 1 amide bonds. The number of hydrogen-bond donors (Lipinski definition) is 1. The van der Waals surface area contributed by atoms with E-state index in [0.29, 0.717) is 12.1 Å². The van der Waals surface area contributed by atoms with Crippen LogP contribution in [0.5, 0.6) is 5.75 Å². The Balaban J connectivity index is 2.93. The van der Waals surface area contributed by atoms with Crippen LogP contribution < -0.4 is 10.1 Å². The van der Waals surface area contributed by atoms with Gasteiger partial charge >= 0.3 is 0 Å². The van der Waals surface area contributed by atoms with Gasteiger partial charge in [-0.05, 0) is 12.1 Å². The molecule has 3 nitrogen and oxygen atoms in total. The third kappa shape index (κ3) is 1.72. The number of anilines is 1. The third-order valence-corrected chi connectivity index (χ3v) is 1.38. The Morgan fingerprint density at radius 3 is 2.83 bits per heavy atom. The van der Waals surface area contributed by atoms with E-state index < -0.39 is 5.82 Å². The minimum atomic E-state index is -0.496. The van der Waals surface area contributed by atoms with E-state index in [-0.39, 0.29) is 5.75 Å². The molecule has 0 unspecified atom stereocenters. The van der Waals surface area contributed by atoms with E-state index in [0.717, 1.165) is 0 Å². The maximum atomic E-state index is 12.9. The minimum Gasteiger partial charge on any atom is -0.494 e. The highest BCUT2D eigenvalue weighted by molar-refractivity contribution is 5.71. The van der Waals surface area contributed by atoms with Crippen LogP contribution in [0.3, 0.4) is 0 Å². The van der Waals surface area contributed by atoms with Crippen molar-refractivity contribution in [3.63, 3.8) is 0 Å². The van der Waals surface area contributed by atoms with Crippen molar-refractivity contribution in [2.24, 2.45) is 0 Å². The van der Waals surface area contributed by atoms with Gasteiger partial charge in [0.1, 0.15) is 0 Å². The zero-order valence-electron chi connectivity index (χ0n) is 6.50. The van der Waals surface area contributed by atoms with E-state index >= 15 is 0 Å². The van der Waals surface area contributed by atoms with Gasteiger partial charge in [-0.3, -0.25) is 4.79 Å². The number of carbonyl (C=O) groups is 1. The summed E-state index contributed by atoms with van der Waals surface area (Å²) in [5.41, 5.74) is 0.406. The molecule has 0 aliphatic carbocycles. The molecule has 0 heterocycles. The van der Waals surface area contributed by atoms with Gasteiger partial charge in [-0.25, -0.2) is 4.39 Å². The lowest BCUT2D eigenvalue weighted by Gasteiger charge is -2.02. The molecule has 0 saturated carbocycles. The van der Waals surface area contributed by atoms with Gasteiger partial charge in [-0.2, -0.15) is 0 Å². The first kappa shape index (κ1) is 8.52. The first-order chi connectivity index (χ1) is 5.77. The van der Waals surface area contributed by atoms with Crippen molar-refractivity contribution >= 4 is 12.1 Å². The number of ether oxygens (including phenoxy) is 1. The first-order valence-corrected chi connectivity index (χ1v) is 3.31. The molecule has 1 rings (SSSR count). The highest BCUT2D eigenvalue weighted by atomic mass is 19.1. The molecule has 1 aromatic rings. The second kappa shape index (κ2) is 3.71. The largest absolute Gasteiger partial charge is 0.494 e. The Morgan fingerprint density at radius 1 is 1.58 bits per heavy atom. The van der Waals surface area contributed by atoms with Crippen LogP contribution in [0.1, 0.15) is 0 Å². The Labute approximate surface area is 69.2 Å². The van der Waals surface area contributed by atoms with Gasteiger partial charge in [0.25, 0.3) is 0 Å². The van der Waals surface area contributed by atoms with E-state index in [1.807, 2.05) is 0 Å². The normalized spacial score (nSPS) is 9.17. The predicted octanol–water partition coefficient (Wildman–Crippen LogP) is 1.40. The van der Waals surface area contributed by atoms with Gasteiger partial charge in [0.2, 0.25) is 6.41 Å². The van der Waals surface area contributed by atoms with Crippen molar-refractivity contribution in [3.8, 4) is 5.75 Å². The Morgan fingerprint density at radius 2 is 2.33 bits per heavy atom. The fourth-order valence-corrected chi connectivity index (χ4v) is 0.824. The topological polar surface area (TPSA) is 38.3 Å². The van der Waals surface area contributed by atoms with Crippen LogP contribution >= 0.6 is 0 Å². The highest BCUT2D eigenvalue weighted by Gasteiger charge is 2.01. The molecule has 12 heavy (non-hydrogen) atoms. The molecule has 4 heteroatoms. The van der Waals surface area contributed by atoms with Crippen LogP contribution in [-0.4, -0.2) is 13.5 Å². The predicted molar refractivity (Wildman–Crippen MR) is 42.6 cm³/mol. The molecule has 0 saturated heterocycles. The molecule has 0 aliphatic heterocycles. The second-order valence-electron chi connectivity index (χ2n) is 2.11. The van der Waals surface area contributed by atoms with Crippen LogP contribution in [-0.2, 0) is 4.79 Å². The monoisotopic (exact) mass is 169 g/mol. The fraction of sp³-hybridized carbons (Fsp3) is 0.125. The van der Waals surface area contributed by atoms with Crippen molar-refractivity contribution in [2.45, 2.75) is 0 Å². The van der Waals surface area contributed by atoms with Gasteiger partial charge in [0, 0.05) is 11.8 Å². The Hall–Kier alpha value is -1.58. The van der Waals surface area contributed by atoms with E-state index in [9.17, 15) is 9.18 Å². The molecule has 64 valence electrons. The highest BCUT2D eigenvalue weighted by Crippen LogP contribution is 2.19. The van der Waals surface area contributed by atoms with Crippen molar-refractivity contribution in [3.05, 3.63) is 24.0 Å². The molecule has 0 bridgehead atoms. The summed E-state index contributed by atoms with van der Waals surface area (Å²) in [6, 6.07) is 4.19. The maximum absolute atomic E-state index is 12.9. The number of rotatable bonds is 3. The summed E-state index contributed by atoms with van der Waals surface area (Å²) in [4.78, 5) is 9.98. The molecular weight excluding hydrogens is 161 g/mol. The van der Waals surface area contributed by atoms with Gasteiger partial charge < -0.3 is 10.1 Å². The fourth-order valence-electron chi connectivity index (χ4n) is 0.824. The van der Waals surface area contributed by atoms with Gasteiger partial charge in [-0.15, -0.1) is 0 Å². The number of nitrogens with one attached hydrogen (secondary N) is 1. The van der Waals surface area contributed by atoms with Crippen LogP contribution in [0.15, 0.2) is 18.2 Å². The van der Waals surface area contributed by atoms with E-state index in [1.165, 1.54) is 19.2 Å². The van der Waals surface area contributed by atoms with Gasteiger partial charge in [0.15, 0.2) is 11.6 Å². The quantitative estimate of drug-likeness (QED) is 0.694. The molecule has 0 aliphatic rings. The zero-order valence-corrected chi connectivity index (χ0v) is 6.50. The maximum Gasteiger partial charge on any atom is 0.211 e. The third-order valence-electron chi connectivity index (χ3n) is 1.38. The Bertz CT molecular complexity index is 288. The average Bonchev–Trinajstić information content (AvgIpc) is 2.05. The van der Waals surface area contributed by atoms with Crippen molar-refractivity contribution in [1.82, 2.24) is 0 Å². The molecule has 1 aromatic carbocycles. The summed E-state index contributed by atoms with van der Waals surface area (Å²) in [7, 11) is 1.38. The number of hydrogen-bond acceptors (Lipinski definition) is 2. The molecule has 0 spiro atoms. The smallest absolute Gasteiger partial charge is 0.211 e. The lowest BCUT2D eigenvalue weighted by Crippen LogP contribution is -1.95. The Kier molecular flexibility index (Phi) is 2.63. The lowest BCUT2D eigenvalue weighted by atomic mass is 10.3. The summed E-state index contributed by atoms with van der Waals surface area (Å²) in [5.74, 6) is -0.337. The second-order valence-corrected chi connectivity index (χ2v) is 2.11. The van der Waals surface area contributed by atoms with Crippen LogP contribution in [0.4, 0.5) is 10.1 Å². The first-order valence-electron chi connectivity index (χ1n) is 3.31. The summed E-state index contributed by atoms with van der Waals surface area (Å²) in [5, 5.41) is 2.32. The van der Waals surface area contributed by atoms with Crippen molar-refractivity contribution in [2.75, 3.05) is 12.4 Å². The van der Waals surface area contributed by atoms with Crippen LogP contribution in [0, 0.1) is 5.82 Å². The van der Waals surface area contributed by atoms with E-state index in [4.69, 9.17) is 0 Å². The number of amides is 1. The van der Waals surface area contributed by atoms with Crippen molar-refractivity contribution in [1.29, 1.82) is 0 Å². The number of halogens is 1. The van der Waals surface area contributed by atoms with Gasteiger partial charge in [0.05, 0.1) is 7.11 Å². The zero-order chi connectivity index (χ0) is 8.97. The summed E-state index contributed by atoms with van der Waals surface area (Å²) < 4.78 is 17.6. The molecule has 1 N–H and O–H groups in total. The molecule has 0 radical (unpaired) electrons. The summed E-state index contributed by atoms with van der Waals surface area (Å²) in [6.07, 6.45) is 0.487. The number of methoxy groups -OCH3 is 1. The summed E-state index contributed by atoms with van der Waals surface area (Å²) >= 11 is 0. The van der Waals surface area contributed by atoms with E-state index in [1.54, 1.807) is 6.07 Å². The molecule has 0 fully saturated rings.